The van der Waals surface area contributed by atoms with Gasteiger partial charge in [-0.2, -0.15) is 0 Å². The van der Waals surface area contributed by atoms with Gasteiger partial charge < -0.3 is 4.42 Å². The Balaban J connectivity index is 0.947. The molecule has 0 saturated heterocycles. The number of hydrogen-bond donors (Lipinski definition) is 0. The van der Waals surface area contributed by atoms with Crippen molar-refractivity contribution >= 4 is 60.5 Å². The quantitative estimate of drug-likeness (QED) is 0.173. The number of nitrogens with zero attached hydrogens (tertiary/aromatic N) is 4. The Morgan fingerprint density at radius 2 is 1.02 bits per heavy atom. The fraction of sp³-hybridized carbons (Fsp3) is 0.0333. The Morgan fingerprint density at radius 1 is 0.431 bits per heavy atom. The summed E-state index contributed by atoms with van der Waals surface area (Å²) < 4.78 is 6.43. The lowest BCUT2D eigenvalue weighted by Gasteiger charge is -2.33. The van der Waals surface area contributed by atoms with Crippen LogP contribution >= 0.6 is 0 Å². The maximum Gasteiger partial charge on any atom is 0.164 e. The Labute approximate surface area is 374 Å². The summed E-state index contributed by atoms with van der Waals surface area (Å²) in [5.41, 5.74) is 16.4. The van der Waals surface area contributed by atoms with E-state index in [9.17, 15) is 0 Å². The van der Waals surface area contributed by atoms with Gasteiger partial charge in [-0.1, -0.05) is 182 Å². The zero-order valence-corrected chi connectivity index (χ0v) is 35.0. The lowest BCUT2D eigenvalue weighted by molar-refractivity contribution is 0.672. The second-order valence-corrected chi connectivity index (χ2v) is 17.2. The maximum absolute atomic E-state index is 6.43. The topological polar surface area (TPSA) is 64.7 Å². The molecule has 0 N–H and O–H groups in total. The van der Waals surface area contributed by atoms with Crippen LogP contribution < -0.4 is 0 Å². The lowest BCUT2D eigenvalue weighted by Crippen LogP contribution is -2.18. The molecule has 3 aromatic heterocycles. The van der Waals surface area contributed by atoms with E-state index in [4.69, 9.17) is 24.4 Å². The van der Waals surface area contributed by atoms with E-state index in [0.29, 0.717) is 17.5 Å². The number of pyridine rings is 1. The molecule has 5 nitrogen and oxygen atoms in total. The Bertz CT molecular complexity index is 3980. The van der Waals surface area contributed by atoms with Crippen molar-refractivity contribution in [2.75, 3.05) is 0 Å². The van der Waals surface area contributed by atoms with Crippen LogP contribution in [0.1, 0.15) is 22.6 Å². The molecule has 302 valence electrons. The molecular formula is C60H36N4O. The molecule has 0 bridgehead atoms. The van der Waals surface area contributed by atoms with Crippen LogP contribution in [0.3, 0.4) is 0 Å². The Hall–Kier alpha value is -8.54. The summed E-state index contributed by atoms with van der Waals surface area (Å²) in [6.45, 7) is 0. The van der Waals surface area contributed by atoms with Gasteiger partial charge in [-0.3, -0.25) is 0 Å². The van der Waals surface area contributed by atoms with E-state index in [1.165, 1.54) is 27.8 Å². The zero-order valence-electron chi connectivity index (χ0n) is 35.0. The molecule has 1 atom stereocenters. The summed E-state index contributed by atoms with van der Waals surface area (Å²) in [6.07, 6.45) is 14.5. The number of fused-ring (bicyclic) bond motifs is 7. The van der Waals surface area contributed by atoms with Crippen LogP contribution in [-0.2, 0) is 6.42 Å². The molecule has 0 amide bonds. The third kappa shape index (κ3) is 5.45. The van der Waals surface area contributed by atoms with Gasteiger partial charge in [0.25, 0.3) is 0 Å². The predicted octanol–water partition coefficient (Wildman–Crippen LogP) is 15.0. The normalized spacial score (nSPS) is 14.9. The van der Waals surface area contributed by atoms with Gasteiger partial charge in [-0.25, -0.2) is 19.9 Å². The van der Waals surface area contributed by atoms with Crippen LogP contribution in [0.25, 0.3) is 117 Å². The lowest BCUT2D eigenvalue weighted by atomic mass is 9.70. The van der Waals surface area contributed by atoms with E-state index in [-0.39, 0.29) is 5.92 Å². The molecule has 3 aliphatic rings. The maximum atomic E-state index is 6.43. The van der Waals surface area contributed by atoms with E-state index in [2.05, 4.69) is 164 Å². The first-order chi connectivity index (χ1) is 32.2. The van der Waals surface area contributed by atoms with E-state index < -0.39 is 0 Å². The van der Waals surface area contributed by atoms with E-state index in [1.54, 1.807) is 0 Å². The summed E-state index contributed by atoms with van der Waals surface area (Å²) in [4.78, 5) is 21.2. The number of aromatic nitrogens is 4. The molecule has 0 spiro atoms. The minimum Gasteiger partial charge on any atom is -0.454 e. The molecule has 3 heterocycles. The number of rotatable bonds is 5. The zero-order chi connectivity index (χ0) is 42.6. The minimum absolute atomic E-state index is 0.233. The molecule has 0 fully saturated rings. The molecule has 0 aliphatic heterocycles. The van der Waals surface area contributed by atoms with Crippen molar-refractivity contribution < 1.29 is 4.42 Å². The predicted molar refractivity (Wildman–Crippen MR) is 265 cm³/mol. The fourth-order valence-corrected chi connectivity index (χ4v) is 10.7. The molecule has 0 radical (unpaired) electrons. The van der Waals surface area contributed by atoms with Crippen molar-refractivity contribution in [3.05, 3.63) is 222 Å². The number of allylic oxidation sites excluding steroid dienone is 7. The van der Waals surface area contributed by atoms with Crippen LogP contribution in [0.2, 0.25) is 0 Å². The van der Waals surface area contributed by atoms with E-state index in [0.717, 1.165) is 99.9 Å². The standard InChI is InChI=1S/C60H36N4O/c1-2-13-38(14-3-1)58-62-59(64-60(63-58)50-30-28-37-26-25-35-15-12-16-36-27-29-45(50)54(37)53(35)36)49-34-32-44(40-18-5-7-20-42(40)49)43-31-33-47(41-19-6-4-17-39(41)43)55-46-21-8-9-22-48(46)57-56(61-55)51-23-10-11-24-52(51)65-57/h1-25,27-34,53H,26H2. The molecule has 0 saturated carbocycles. The van der Waals surface area contributed by atoms with Crippen molar-refractivity contribution in [3.8, 4) is 56.5 Å². The number of benzene rings is 8. The van der Waals surface area contributed by atoms with Crippen LogP contribution in [0.5, 0.6) is 0 Å². The van der Waals surface area contributed by atoms with Gasteiger partial charge in [0.05, 0.1) is 5.69 Å². The van der Waals surface area contributed by atoms with Gasteiger partial charge in [0.15, 0.2) is 23.1 Å². The summed E-state index contributed by atoms with van der Waals surface area (Å²) in [6, 6.07) is 57.7. The fourth-order valence-electron chi connectivity index (χ4n) is 10.7. The van der Waals surface area contributed by atoms with Gasteiger partial charge in [-0.05, 0) is 85.1 Å². The van der Waals surface area contributed by atoms with E-state index >= 15 is 0 Å². The largest absolute Gasteiger partial charge is 0.454 e. The smallest absolute Gasteiger partial charge is 0.164 e. The van der Waals surface area contributed by atoms with Crippen LogP contribution in [0.15, 0.2) is 210 Å². The molecule has 8 aromatic carbocycles. The van der Waals surface area contributed by atoms with Crippen molar-refractivity contribution in [1.82, 2.24) is 19.9 Å². The van der Waals surface area contributed by atoms with E-state index in [1.807, 2.05) is 36.4 Å². The molecule has 3 aliphatic carbocycles. The first kappa shape index (κ1) is 36.0. The monoisotopic (exact) mass is 828 g/mol. The third-order valence-corrected chi connectivity index (χ3v) is 13.7. The first-order valence-electron chi connectivity index (χ1n) is 22.2. The number of para-hydroxylation sites is 1. The molecule has 11 aromatic rings. The average Bonchev–Trinajstić information content (AvgIpc) is 3.76. The summed E-state index contributed by atoms with van der Waals surface area (Å²) in [5.74, 6) is 2.19. The SMILES string of the molecule is C1=CC2=CCc3ccc(-c4nc(-c5ccccc5)nc(-c5ccc(-c6ccc(-c7nc8c9ccccc9oc8c8ccccc78)c7ccccc67)c6ccccc56)n4)c4c3C2C(=C1)C=C4. The molecule has 5 heteroatoms. The van der Waals surface area contributed by atoms with Gasteiger partial charge in [-0.15, -0.1) is 0 Å². The third-order valence-electron chi connectivity index (χ3n) is 13.7. The first-order valence-corrected chi connectivity index (χ1v) is 22.2. The molecule has 65 heavy (non-hydrogen) atoms. The summed E-state index contributed by atoms with van der Waals surface area (Å²) in [7, 11) is 0. The highest BCUT2D eigenvalue weighted by Gasteiger charge is 2.32. The second kappa shape index (κ2) is 14.0. The molecular weight excluding hydrogens is 793 g/mol. The highest BCUT2D eigenvalue weighted by molar-refractivity contribution is 6.19. The highest BCUT2D eigenvalue weighted by atomic mass is 16.3. The van der Waals surface area contributed by atoms with Crippen molar-refractivity contribution in [2.24, 2.45) is 0 Å². The van der Waals surface area contributed by atoms with Crippen LogP contribution in [-0.4, -0.2) is 19.9 Å². The highest BCUT2D eigenvalue weighted by Crippen LogP contribution is 2.49. The Kier molecular flexibility index (Phi) is 7.74. The van der Waals surface area contributed by atoms with Gasteiger partial charge in [0.1, 0.15) is 11.1 Å². The van der Waals surface area contributed by atoms with Crippen molar-refractivity contribution in [2.45, 2.75) is 12.3 Å². The van der Waals surface area contributed by atoms with Gasteiger partial charge in [0.2, 0.25) is 0 Å². The minimum atomic E-state index is 0.233. The number of hydrogen-bond acceptors (Lipinski definition) is 5. The van der Waals surface area contributed by atoms with Gasteiger partial charge in [0, 0.05) is 44.3 Å². The second-order valence-electron chi connectivity index (χ2n) is 17.2. The summed E-state index contributed by atoms with van der Waals surface area (Å²) >= 11 is 0. The molecule has 1 unspecified atom stereocenters. The van der Waals surface area contributed by atoms with Crippen molar-refractivity contribution in [1.29, 1.82) is 0 Å². The molecule has 14 rings (SSSR count). The number of furan rings is 1. The average molecular weight is 829 g/mol. The van der Waals surface area contributed by atoms with Gasteiger partial charge >= 0.3 is 0 Å². The Morgan fingerprint density at radius 3 is 1.78 bits per heavy atom. The summed E-state index contributed by atoms with van der Waals surface area (Å²) in [5, 5.41) is 7.61. The van der Waals surface area contributed by atoms with Crippen LogP contribution in [0.4, 0.5) is 0 Å². The van der Waals surface area contributed by atoms with Crippen molar-refractivity contribution in [3.63, 3.8) is 0 Å². The van der Waals surface area contributed by atoms with Crippen LogP contribution in [0, 0.1) is 0 Å².